The van der Waals surface area contributed by atoms with Crippen molar-refractivity contribution in [2.45, 2.75) is 32.0 Å². The van der Waals surface area contributed by atoms with Gasteiger partial charge in [-0.2, -0.15) is 0 Å². The Morgan fingerprint density at radius 2 is 2.14 bits per heavy atom. The smallest absolute Gasteiger partial charge is 0.133 e. The molecule has 1 aromatic carbocycles. The summed E-state index contributed by atoms with van der Waals surface area (Å²) in [6.45, 7) is 1.75. The van der Waals surface area contributed by atoms with Gasteiger partial charge in [-0.05, 0) is 42.0 Å². The SMILES string of the molecule is NC(=S)c1cc(CN(Cc2cccs2)C2CC2)ccc1F. The van der Waals surface area contributed by atoms with Crippen LogP contribution in [0.4, 0.5) is 4.39 Å². The summed E-state index contributed by atoms with van der Waals surface area (Å²) in [5, 5.41) is 2.10. The van der Waals surface area contributed by atoms with Crippen LogP contribution in [0, 0.1) is 5.82 Å². The Morgan fingerprint density at radius 1 is 1.33 bits per heavy atom. The maximum atomic E-state index is 13.7. The zero-order valence-corrected chi connectivity index (χ0v) is 13.2. The van der Waals surface area contributed by atoms with Gasteiger partial charge in [0.05, 0.1) is 0 Å². The molecule has 0 atom stereocenters. The third-order valence-corrected chi connectivity index (χ3v) is 4.77. The fraction of sp³-hybridized carbons (Fsp3) is 0.312. The highest BCUT2D eigenvalue weighted by Gasteiger charge is 2.29. The van der Waals surface area contributed by atoms with Crippen LogP contribution in [0.5, 0.6) is 0 Å². The van der Waals surface area contributed by atoms with Gasteiger partial charge in [0.25, 0.3) is 0 Å². The molecule has 110 valence electrons. The quantitative estimate of drug-likeness (QED) is 0.823. The normalized spacial score (nSPS) is 14.6. The van der Waals surface area contributed by atoms with Crippen molar-refractivity contribution in [3.63, 3.8) is 0 Å². The summed E-state index contributed by atoms with van der Waals surface area (Å²) in [5.74, 6) is -0.345. The lowest BCUT2D eigenvalue weighted by atomic mass is 10.1. The van der Waals surface area contributed by atoms with E-state index < -0.39 is 0 Å². The molecule has 0 saturated heterocycles. The third kappa shape index (κ3) is 3.67. The van der Waals surface area contributed by atoms with E-state index in [1.54, 1.807) is 17.4 Å². The summed E-state index contributed by atoms with van der Waals surface area (Å²) in [6.07, 6.45) is 2.49. The Bertz CT molecular complexity index is 636. The standard InChI is InChI=1S/C16H17FN2S2/c17-15-6-3-11(8-14(15)16(18)20)9-19(12-4-5-12)10-13-2-1-7-21-13/h1-3,6-8,12H,4-5,9-10H2,(H2,18,20). The second-order valence-corrected chi connectivity index (χ2v) is 6.87. The van der Waals surface area contributed by atoms with Crippen LogP contribution in [-0.2, 0) is 13.1 Å². The predicted molar refractivity (Wildman–Crippen MR) is 88.9 cm³/mol. The summed E-state index contributed by atoms with van der Waals surface area (Å²) in [7, 11) is 0. The second-order valence-electron chi connectivity index (χ2n) is 5.39. The highest BCUT2D eigenvalue weighted by molar-refractivity contribution is 7.80. The van der Waals surface area contributed by atoms with E-state index in [0.29, 0.717) is 11.6 Å². The number of thiocarbonyl (C=S) groups is 1. The molecule has 2 nitrogen and oxygen atoms in total. The molecular weight excluding hydrogens is 303 g/mol. The Kier molecular flexibility index (Phi) is 4.33. The van der Waals surface area contributed by atoms with E-state index in [1.807, 2.05) is 6.07 Å². The van der Waals surface area contributed by atoms with Crippen molar-refractivity contribution in [2.75, 3.05) is 0 Å². The Balaban J connectivity index is 1.76. The van der Waals surface area contributed by atoms with Crippen LogP contribution < -0.4 is 5.73 Å². The van der Waals surface area contributed by atoms with Crippen LogP contribution in [0.25, 0.3) is 0 Å². The number of nitrogens with zero attached hydrogens (tertiary/aromatic N) is 1. The number of hydrogen-bond donors (Lipinski definition) is 1. The topological polar surface area (TPSA) is 29.3 Å². The van der Waals surface area contributed by atoms with E-state index in [0.717, 1.165) is 18.7 Å². The van der Waals surface area contributed by atoms with Crippen molar-refractivity contribution < 1.29 is 4.39 Å². The van der Waals surface area contributed by atoms with Gasteiger partial charge in [0.2, 0.25) is 0 Å². The number of hydrogen-bond acceptors (Lipinski definition) is 3. The van der Waals surface area contributed by atoms with Crippen molar-refractivity contribution in [3.8, 4) is 0 Å². The monoisotopic (exact) mass is 320 g/mol. The number of rotatable bonds is 6. The molecule has 2 aromatic rings. The van der Waals surface area contributed by atoms with Crippen LogP contribution in [0.15, 0.2) is 35.7 Å². The van der Waals surface area contributed by atoms with Gasteiger partial charge in [-0.3, -0.25) is 4.90 Å². The van der Waals surface area contributed by atoms with Gasteiger partial charge < -0.3 is 5.73 Å². The van der Waals surface area contributed by atoms with Gasteiger partial charge in [0.1, 0.15) is 10.8 Å². The Morgan fingerprint density at radius 3 is 2.76 bits per heavy atom. The maximum Gasteiger partial charge on any atom is 0.133 e. The zero-order valence-electron chi connectivity index (χ0n) is 11.6. The molecule has 3 rings (SSSR count). The molecule has 0 bridgehead atoms. The highest BCUT2D eigenvalue weighted by Crippen LogP contribution is 2.30. The van der Waals surface area contributed by atoms with Crippen LogP contribution in [0.3, 0.4) is 0 Å². The van der Waals surface area contributed by atoms with Crippen molar-refractivity contribution in [3.05, 3.63) is 57.5 Å². The second kappa shape index (κ2) is 6.22. The van der Waals surface area contributed by atoms with Crippen molar-refractivity contribution >= 4 is 28.5 Å². The first kappa shape index (κ1) is 14.6. The van der Waals surface area contributed by atoms with Gasteiger partial charge in [-0.1, -0.05) is 24.4 Å². The summed E-state index contributed by atoms with van der Waals surface area (Å²) in [4.78, 5) is 3.92. The van der Waals surface area contributed by atoms with E-state index in [9.17, 15) is 4.39 Å². The molecule has 1 aliphatic rings. The molecule has 2 N–H and O–H groups in total. The summed E-state index contributed by atoms with van der Waals surface area (Å²) in [6, 6.07) is 9.94. The largest absolute Gasteiger partial charge is 0.389 e. The van der Waals surface area contributed by atoms with Crippen LogP contribution in [-0.4, -0.2) is 15.9 Å². The van der Waals surface area contributed by atoms with E-state index in [-0.39, 0.29) is 10.8 Å². The molecule has 21 heavy (non-hydrogen) atoms. The molecule has 0 radical (unpaired) electrons. The minimum Gasteiger partial charge on any atom is -0.389 e. The third-order valence-electron chi connectivity index (χ3n) is 3.68. The number of halogens is 1. The van der Waals surface area contributed by atoms with Gasteiger partial charge in [0.15, 0.2) is 0 Å². The fourth-order valence-corrected chi connectivity index (χ4v) is 3.34. The molecule has 1 aromatic heterocycles. The molecule has 1 heterocycles. The van der Waals surface area contributed by atoms with Gasteiger partial charge >= 0.3 is 0 Å². The van der Waals surface area contributed by atoms with Gasteiger partial charge in [-0.25, -0.2) is 4.39 Å². The first-order valence-electron chi connectivity index (χ1n) is 6.98. The lowest BCUT2D eigenvalue weighted by Crippen LogP contribution is -2.25. The summed E-state index contributed by atoms with van der Waals surface area (Å²) in [5.41, 5.74) is 6.98. The lowest BCUT2D eigenvalue weighted by Gasteiger charge is -2.21. The van der Waals surface area contributed by atoms with E-state index >= 15 is 0 Å². The van der Waals surface area contributed by atoms with Crippen molar-refractivity contribution in [1.82, 2.24) is 4.90 Å². The molecule has 1 aliphatic carbocycles. The van der Waals surface area contributed by atoms with Gasteiger partial charge in [0, 0.05) is 29.6 Å². The minimum atomic E-state index is -0.345. The average Bonchev–Trinajstić information content (AvgIpc) is 3.18. The van der Waals surface area contributed by atoms with E-state index in [4.69, 9.17) is 18.0 Å². The van der Waals surface area contributed by atoms with Gasteiger partial charge in [-0.15, -0.1) is 11.3 Å². The first-order chi connectivity index (χ1) is 10.1. The maximum absolute atomic E-state index is 13.7. The Hall–Kier alpha value is -1.30. The van der Waals surface area contributed by atoms with Crippen molar-refractivity contribution in [1.29, 1.82) is 0 Å². The van der Waals surface area contributed by atoms with E-state index in [2.05, 4.69) is 22.4 Å². The van der Waals surface area contributed by atoms with Crippen LogP contribution in [0.1, 0.15) is 28.8 Å². The molecule has 0 aliphatic heterocycles. The lowest BCUT2D eigenvalue weighted by molar-refractivity contribution is 0.248. The summed E-state index contributed by atoms with van der Waals surface area (Å²) < 4.78 is 13.7. The molecule has 0 spiro atoms. The number of thiophene rings is 1. The van der Waals surface area contributed by atoms with Crippen LogP contribution >= 0.6 is 23.6 Å². The molecule has 0 amide bonds. The molecule has 1 saturated carbocycles. The molecule has 1 fully saturated rings. The number of nitrogens with two attached hydrogens (primary N) is 1. The molecular formula is C16H17FN2S2. The van der Waals surface area contributed by atoms with Crippen LogP contribution in [0.2, 0.25) is 0 Å². The Labute approximate surface area is 133 Å². The summed E-state index contributed by atoms with van der Waals surface area (Å²) >= 11 is 6.68. The van der Waals surface area contributed by atoms with Crippen molar-refractivity contribution in [2.24, 2.45) is 5.73 Å². The predicted octanol–water partition coefficient (Wildman–Crippen LogP) is 3.69. The zero-order chi connectivity index (χ0) is 14.8. The molecule has 5 heteroatoms. The fourth-order valence-electron chi connectivity index (χ4n) is 2.45. The number of benzene rings is 1. The van der Waals surface area contributed by atoms with E-state index in [1.165, 1.54) is 23.8 Å². The highest BCUT2D eigenvalue weighted by atomic mass is 32.1. The molecule has 0 unspecified atom stereocenters. The average molecular weight is 320 g/mol. The minimum absolute atomic E-state index is 0.116. The first-order valence-corrected chi connectivity index (χ1v) is 8.27.